The molecule has 0 aliphatic heterocycles. The van der Waals surface area contributed by atoms with E-state index in [4.69, 9.17) is 5.11 Å². The molecule has 0 saturated carbocycles. The minimum absolute atomic E-state index is 0.0554. The number of carbonyl (C=O) groups is 1. The maximum Gasteiger partial charge on any atom is 0.251 e. The maximum atomic E-state index is 11.9. The number of rotatable bonds is 4. The van der Waals surface area contributed by atoms with E-state index in [0.717, 1.165) is 17.5 Å². The predicted octanol–water partition coefficient (Wildman–Crippen LogP) is 1.87. The third kappa shape index (κ3) is 4.23. The first-order chi connectivity index (χ1) is 8.69. The van der Waals surface area contributed by atoms with E-state index in [1.54, 1.807) is 6.07 Å². The maximum absolute atomic E-state index is 11.9. The van der Waals surface area contributed by atoms with Crippen LogP contribution in [0.25, 0.3) is 0 Å². The summed E-state index contributed by atoms with van der Waals surface area (Å²) < 4.78 is 0. The Kier molecular flexibility index (Phi) is 5.96. The van der Waals surface area contributed by atoms with Crippen molar-refractivity contribution in [3.63, 3.8) is 0 Å². The number of benzene rings is 1. The highest BCUT2D eigenvalue weighted by molar-refractivity contribution is 5.95. The first-order valence-corrected chi connectivity index (χ1v) is 6.17. The van der Waals surface area contributed by atoms with Crippen molar-refractivity contribution in [1.82, 2.24) is 5.32 Å². The molecule has 18 heavy (non-hydrogen) atoms. The lowest BCUT2D eigenvalue weighted by atomic mass is 10.0. The van der Waals surface area contributed by atoms with Crippen LogP contribution in [0.4, 0.5) is 0 Å². The van der Waals surface area contributed by atoms with E-state index in [9.17, 15) is 4.79 Å². The third-order valence-corrected chi connectivity index (χ3v) is 2.49. The van der Waals surface area contributed by atoms with Gasteiger partial charge in [-0.2, -0.15) is 0 Å². The van der Waals surface area contributed by atoms with Crippen LogP contribution < -0.4 is 5.32 Å². The zero-order valence-electron chi connectivity index (χ0n) is 10.9. The summed E-state index contributed by atoms with van der Waals surface area (Å²) in [5.74, 6) is 5.73. The molecule has 0 radical (unpaired) electrons. The molecule has 1 aromatic carbocycles. The lowest BCUT2D eigenvalue weighted by molar-refractivity contribution is 0.0953. The smallest absolute Gasteiger partial charge is 0.251 e. The van der Waals surface area contributed by atoms with Gasteiger partial charge in [0.25, 0.3) is 5.91 Å². The zero-order chi connectivity index (χ0) is 13.4. The van der Waals surface area contributed by atoms with E-state index in [1.807, 2.05) is 26.0 Å². The quantitative estimate of drug-likeness (QED) is 0.796. The summed E-state index contributed by atoms with van der Waals surface area (Å²) in [6.45, 7) is 4.66. The van der Waals surface area contributed by atoms with Crippen LogP contribution in [0.2, 0.25) is 0 Å². The molecule has 0 aliphatic carbocycles. The van der Waals surface area contributed by atoms with Crippen molar-refractivity contribution in [3.8, 4) is 11.8 Å². The van der Waals surface area contributed by atoms with Crippen molar-refractivity contribution in [1.29, 1.82) is 0 Å². The van der Waals surface area contributed by atoms with Gasteiger partial charge < -0.3 is 10.4 Å². The van der Waals surface area contributed by atoms with Crippen molar-refractivity contribution < 1.29 is 9.90 Å². The topological polar surface area (TPSA) is 49.3 Å². The molecule has 0 aliphatic rings. The first kappa shape index (κ1) is 14.3. The second kappa shape index (κ2) is 7.52. The normalized spacial score (nSPS) is 9.50. The average Bonchev–Trinajstić information content (AvgIpc) is 2.38. The molecule has 1 aromatic rings. The summed E-state index contributed by atoms with van der Waals surface area (Å²) >= 11 is 0. The van der Waals surface area contributed by atoms with Gasteiger partial charge in [-0.1, -0.05) is 24.8 Å². The lowest BCUT2D eigenvalue weighted by Crippen LogP contribution is -2.24. The predicted molar refractivity (Wildman–Crippen MR) is 72.4 cm³/mol. The second-order valence-corrected chi connectivity index (χ2v) is 4.06. The summed E-state index contributed by atoms with van der Waals surface area (Å²) in [5, 5.41) is 11.5. The molecular weight excluding hydrogens is 226 g/mol. The van der Waals surface area contributed by atoms with Crippen LogP contribution in [-0.2, 0) is 0 Å². The van der Waals surface area contributed by atoms with Crippen LogP contribution in [0.5, 0.6) is 0 Å². The molecule has 1 amide bonds. The third-order valence-electron chi connectivity index (χ3n) is 2.49. The SMILES string of the molecule is CCCNC(=O)c1cc(C#CCCO)ccc1C. The number of aryl methyl sites for hydroxylation is 1. The molecule has 0 atom stereocenters. The lowest BCUT2D eigenvalue weighted by Gasteiger charge is -2.07. The molecule has 0 aromatic heterocycles. The first-order valence-electron chi connectivity index (χ1n) is 6.17. The van der Waals surface area contributed by atoms with E-state index in [1.165, 1.54) is 0 Å². The van der Waals surface area contributed by atoms with Crippen molar-refractivity contribution in [2.75, 3.05) is 13.2 Å². The highest BCUT2D eigenvalue weighted by Gasteiger charge is 2.08. The molecule has 0 heterocycles. The Balaban J connectivity index is 2.88. The summed E-state index contributed by atoms with van der Waals surface area (Å²) in [7, 11) is 0. The number of hydrogen-bond acceptors (Lipinski definition) is 2. The van der Waals surface area contributed by atoms with Crippen molar-refractivity contribution in [2.45, 2.75) is 26.7 Å². The largest absolute Gasteiger partial charge is 0.395 e. The molecular formula is C15H19NO2. The van der Waals surface area contributed by atoms with Gasteiger partial charge in [0.15, 0.2) is 0 Å². The molecule has 0 unspecified atom stereocenters. The standard InChI is InChI=1S/C15H19NO2/c1-3-9-16-15(18)14-11-13(6-4-5-10-17)8-7-12(14)2/h7-8,11,17H,3,5,9-10H2,1-2H3,(H,16,18). The Bertz CT molecular complexity index is 469. The number of carbonyl (C=O) groups excluding carboxylic acids is 1. The van der Waals surface area contributed by atoms with Gasteiger partial charge in [-0.25, -0.2) is 0 Å². The van der Waals surface area contributed by atoms with E-state index >= 15 is 0 Å². The molecule has 3 nitrogen and oxygen atoms in total. The Morgan fingerprint density at radius 2 is 2.22 bits per heavy atom. The molecule has 2 N–H and O–H groups in total. The van der Waals surface area contributed by atoms with Gasteiger partial charge in [0, 0.05) is 24.1 Å². The van der Waals surface area contributed by atoms with Crippen LogP contribution in [-0.4, -0.2) is 24.2 Å². The number of hydrogen-bond donors (Lipinski definition) is 2. The second-order valence-electron chi connectivity index (χ2n) is 4.06. The van der Waals surface area contributed by atoms with Crippen LogP contribution in [0.3, 0.4) is 0 Å². The fraction of sp³-hybridized carbons (Fsp3) is 0.400. The fourth-order valence-electron chi connectivity index (χ4n) is 1.50. The minimum Gasteiger partial charge on any atom is -0.395 e. The van der Waals surface area contributed by atoms with Crippen LogP contribution >= 0.6 is 0 Å². The fourth-order valence-corrected chi connectivity index (χ4v) is 1.50. The van der Waals surface area contributed by atoms with E-state index in [0.29, 0.717) is 18.5 Å². The van der Waals surface area contributed by atoms with Gasteiger partial charge in [0.1, 0.15) is 0 Å². The average molecular weight is 245 g/mol. The molecule has 0 spiro atoms. The summed E-state index contributed by atoms with van der Waals surface area (Å²) in [5.41, 5.74) is 2.41. The van der Waals surface area contributed by atoms with Crippen molar-refractivity contribution >= 4 is 5.91 Å². The number of aliphatic hydroxyl groups is 1. The van der Waals surface area contributed by atoms with Gasteiger partial charge in [-0.15, -0.1) is 0 Å². The Morgan fingerprint density at radius 3 is 2.89 bits per heavy atom. The Morgan fingerprint density at radius 1 is 1.44 bits per heavy atom. The van der Waals surface area contributed by atoms with Gasteiger partial charge >= 0.3 is 0 Å². The molecule has 0 saturated heterocycles. The highest BCUT2D eigenvalue weighted by atomic mass is 16.2. The number of nitrogens with one attached hydrogen (secondary N) is 1. The van der Waals surface area contributed by atoms with Crippen molar-refractivity contribution in [3.05, 3.63) is 34.9 Å². The van der Waals surface area contributed by atoms with Crippen molar-refractivity contribution in [2.24, 2.45) is 0 Å². The van der Waals surface area contributed by atoms with E-state index in [-0.39, 0.29) is 12.5 Å². The Labute approximate surface area is 108 Å². The van der Waals surface area contributed by atoms with Gasteiger partial charge in [-0.3, -0.25) is 4.79 Å². The molecule has 1 rings (SSSR count). The van der Waals surface area contributed by atoms with E-state index in [2.05, 4.69) is 17.2 Å². The Hall–Kier alpha value is -1.79. The molecule has 0 fully saturated rings. The zero-order valence-corrected chi connectivity index (χ0v) is 10.9. The van der Waals surface area contributed by atoms with E-state index < -0.39 is 0 Å². The molecule has 96 valence electrons. The molecule has 3 heteroatoms. The van der Waals surface area contributed by atoms with Gasteiger partial charge in [0.2, 0.25) is 0 Å². The summed E-state index contributed by atoms with van der Waals surface area (Å²) in [4.78, 5) is 11.9. The van der Waals surface area contributed by atoms with Crippen LogP contribution in [0.1, 0.15) is 41.3 Å². The number of amides is 1. The minimum atomic E-state index is -0.0554. The van der Waals surface area contributed by atoms with Gasteiger partial charge in [-0.05, 0) is 31.0 Å². The number of aliphatic hydroxyl groups excluding tert-OH is 1. The summed E-state index contributed by atoms with van der Waals surface area (Å²) in [6, 6.07) is 5.57. The monoisotopic (exact) mass is 245 g/mol. The summed E-state index contributed by atoms with van der Waals surface area (Å²) in [6.07, 6.45) is 1.37. The van der Waals surface area contributed by atoms with Gasteiger partial charge in [0.05, 0.1) is 6.61 Å². The highest BCUT2D eigenvalue weighted by Crippen LogP contribution is 2.10. The van der Waals surface area contributed by atoms with Crippen LogP contribution in [0.15, 0.2) is 18.2 Å². The molecule has 0 bridgehead atoms. The van der Waals surface area contributed by atoms with Crippen LogP contribution in [0, 0.1) is 18.8 Å².